The lowest BCUT2D eigenvalue weighted by molar-refractivity contribution is -0.364. The Morgan fingerprint density at radius 1 is 1.30 bits per heavy atom. The molecule has 23 heavy (non-hydrogen) atoms. The van der Waals surface area contributed by atoms with Gasteiger partial charge in [0.25, 0.3) is 0 Å². The lowest BCUT2D eigenvalue weighted by Crippen LogP contribution is -2.57. The van der Waals surface area contributed by atoms with E-state index in [0.717, 1.165) is 18.4 Å². The minimum atomic E-state index is -0.713. The van der Waals surface area contributed by atoms with Crippen LogP contribution in [0.5, 0.6) is 0 Å². The molecule has 1 unspecified atom stereocenters. The maximum absolute atomic E-state index is 9.52. The van der Waals surface area contributed by atoms with Crippen LogP contribution in [-0.4, -0.2) is 18.2 Å². The van der Waals surface area contributed by atoms with E-state index in [4.69, 9.17) is 14.2 Å². The molecule has 2 aliphatic rings. The van der Waals surface area contributed by atoms with Gasteiger partial charge in [-0.2, -0.15) is 5.26 Å². The van der Waals surface area contributed by atoms with Crippen LogP contribution in [0, 0.1) is 22.7 Å². The molecule has 0 spiro atoms. The van der Waals surface area contributed by atoms with Crippen LogP contribution in [0.3, 0.4) is 0 Å². The van der Waals surface area contributed by atoms with Crippen LogP contribution < -0.4 is 0 Å². The van der Waals surface area contributed by atoms with Crippen LogP contribution in [0.25, 0.3) is 0 Å². The van der Waals surface area contributed by atoms with E-state index in [0.29, 0.717) is 18.9 Å². The van der Waals surface area contributed by atoms with E-state index in [1.165, 1.54) is 0 Å². The molecule has 3 rings (SSSR count). The quantitative estimate of drug-likeness (QED) is 0.842. The highest BCUT2D eigenvalue weighted by atomic mass is 16.8. The first-order chi connectivity index (χ1) is 11.0. The highest BCUT2D eigenvalue weighted by Crippen LogP contribution is 2.50. The SMILES string of the molecule is CCC1(C#N)C[C@H]2C[C@H](O[C@@H](OCc3ccccc3)C2(C)C)O1. The number of hydrogen-bond acceptors (Lipinski definition) is 4. The average Bonchev–Trinajstić information content (AvgIpc) is 2.58. The highest BCUT2D eigenvalue weighted by Gasteiger charge is 2.54. The summed E-state index contributed by atoms with van der Waals surface area (Å²) in [5, 5.41) is 9.52. The topological polar surface area (TPSA) is 51.5 Å². The monoisotopic (exact) mass is 315 g/mol. The molecule has 1 aromatic carbocycles. The average molecular weight is 315 g/mol. The van der Waals surface area contributed by atoms with Crippen molar-refractivity contribution in [3.63, 3.8) is 0 Å². The fraction of sp³-hybridized carbons (Fsp3) is 0.632. The first kappa shape index (κ1) is 16.4. The third-order valence-corrected chi connectivity index (χ3v) is 5.36. The zero-order valence-corrected chi connectivity index (χ0v) is 14.1. The van der Waals surface area contributed by atoms with Gasteiger partial charge in [-0.1, -0.05) is 51.1 Å². The molecule has 0 aromatic heterocycles. The number of rotatable bonds is 4. The molecule has 4 nitrogen and oxygen atoms in total. The van der Waals surface area contributed by atoms with Crippen LogP contribution in [-0.2, 0) is 20.8 Å². The van der Waals surface area contributed by atoms with E-state index in [1.807, 2.05) is 37.3 Å². The number of nitrogens with zero attached hydrogens (tertiary/aromatic N) is 1. The highest BCUT2D eigenvalue weighted by molar-refractivity contribution is 5.13. The Bertz CT molecular complexity index is 580. The van der Waals surface area contributed by atoms with Gasteiger partial charge in [0.05, 0.1) is 12.7 Å². The van der Waals surface area contributed by atoms with Gasteiger partial charge in [0, 0.05) is 11.8 Å². The largest absolute Gasteiger partial charge is 0.347 e. The van der Waals surface area contributed by atoms with E-state index < -0.39 is 5.60 Å². The van der Waals surface area contributed by atoms with Crippen molar-refractivity contribution in [2.75, 3.05) is 0 Å². The molecule has 0 N–H and O–H groups in total. The van der Waals surface area contributed by atoms with Crippen molar-refractivity contribution in [3.05, 3.63) is 35.9 Å². The molecule has 0 aliphatic carbocycles. The molecule has 0 amide bonds. The van der Waals surface area contributed by atoms with Crippen LogP contribution in [0.2, 0.25) is 0 Å². The Kier molecular flexibility index (Phi) is 4.46. The van der Waals surface area contributed by atoms with E-state index >= 15 is 0 Å². The van der Waals surface area contributed by atoms with Crippen molar-refractivity contribution in [3.8, 4) is 6.07 Å². The predicted octanol–water partition coefficient (Wildman–Crippen LogP) is 4.01. The molecule has 2 fully saturated rings. The molecular weight excluding hydrogens is 290 g/mol. The van der Waals surface area contributed by atoms with Crippen molar-refractivity contribution in [2.24, 2.45) is 11.3 Å². The van der Waals surface area contributed by atoms with Gasteiger partial charge in [-0.15, -0.1) is 0 Å². The number of benzene rings is 1. The summed E-state index contributed by atoms with van der Waals surface area (Å²) in [5.41, 5.74) is 0.269. The summed E-state index contributed by atoms with van der Waals surface area (Å²) in [7, 11) is 0. The molecule has 2 saturated heterocycles. The Hall–Kier alpha value is -1.41. The number of hydrogen-bond donors (Lipinski definition) is 0. The van der Waals surface area contributed by atoms with Gasteiger partial charge >= 0.3 is 0 Å². The Morgan fingerprint density at radius 3 is 2.70 bits per heavy atom. The summed E-state index contributed by atoms with van der Waals surface area (Å²) in [6.07, 6.45) is 1.60. The van der Waals surface area contributed by atoms with Crippen molar-refractivity contribution in [1.82, 2.24) is 0 Å². The summed E-state index contributed by atoms with van der Waals surface area (Å²) in [4.78, 5) is 0. The summed E-state index contributed by atoms with van der Waals surface area (Å²) >= 11 is 0. The van der Waals surface area contributed by atoms with Gasteiger partial charge in [-0.3, -0.25) is 0 Å². The second kappa shape index (κ2) is 6.24. The van der Waals surface area contributed by atoms with Gasteiger partial charge in [-0.25, -0.2) is 0 Å². The van der Waals surface area contributed by atoms with Gasteiger partial charge in [-0.05, 0) is 24.3 Å². The molecule has 4 heteroatoms. The molecule has 124 valence electrons. The first-order valence-corrected chi connectivity index (χ1v) is 8.39. The third kappa shape index (κ3) is 3.14. The van der Waals surface area contributed by atoms with Gasteiger partial charge < -0.3 is 14.2 Å². The van der Waals surface area contributed by atoms with Crippen LogP contribution >= 0.6 is 0 Å². The minimum absolute atomic E-state index is 0.146. The molecule has 0 saturated carbocycles. The Balaban J connectivity index is 1.72. The van der Waals surface area contributed by atoms with E-state index in [9.17, 15) is 5.26 Å². The molecule has 2 aliphatic heterocycles. The zero-order chi connectivity index (χ0) is 16.5. The fourth-order valence-corrected chi connectivity index (χ4v) is 3.60. The molecule has 1 aromatic rings. The predicted molar refractivity (Wildman–Crippen MR) is 86.1 cm³/mol. The normalized spacial score (nSPS) is 35.5. The van der Waals surface area contributed by atoms with Crippen LogP contribution in [0.4, 0.5) is 0 Å². The second-order valence-corrected chi connectivity index (χ2v) is 7.23. The first-order valence-electron chi connectivity index (χ1n) is 8.39. The standard InChI is InChI=1S/C19H25NO3/c1-4-19(13-20)11-15-10-16(23-19)22-17(18(15,2)3)21-12-14-8-6-5-7-9-14/h5-9,15-17H,4,10-12H2,1-3H3/t15-,16-,17-,19?/m1/s1. The fourth-order valence-electron chi connectivity index (χ4n) is 3.60. The summed E-state index contributed by atoms with van der Waals surface area (Å²) in [5.74, 6) is 0.357. The van der Waals surface area contributed by atoms with Gasteiger partial charge in [0.15, 0.2) is 18.2 Å². The molecule has 2 bridgehead atoms. The molecule has 2 heterocycles. The zero-order valence-electron chi connectivity index (χ0n) is 14.1. The summed E-state index contributed by atoms with van der Waals surface area (Å²) in [6, 6.07) is 12.5. The van der Waals surface area contributed by atoms with Gasteiger partial charge in [0.1, 0.15) is 0 Å². The maximum atomic E-state index is 9.52. The van der Waals surface area contributed by atoms with E-state index in [2.05, 4.69) is 19.9 Å². The van der Waals surface area contributed by atoms with Crippen molar-refractivity contribution < 1.29 is 14.2 Å². The Morgan fingerprint density at radius 2 is 2.04 bits per heavy atom. The van der Waals surface area contributed by atoms with Crippen molar-refractivity contribution in [1.29, 1.82) is 5.26 Å². The third-order valence-electron chi connectivity index (χ3n) is 5.36. The van der Waals surface area contributed by atoms with Crippen LogP contribution in [0.1, 0.15) is 45.6 Å². The number of ether oxygens (including phenoxy) is 3. The van der Waals surface area contributed by atoms with Crippen molar-refractivity contribution >= 4 is 0 Å². The second-order valence-electron chi connectivity index (χ2n) is 7.23. The Labute approximate surface area is 138 Å². The molecule has 4 atom stereocenters. The van der Waals surface area contributed by atoms with Gasteiger partial charge in [0.2, 0.25) is 0 Å². The smallest absolute Gasteiger partial charge is 0.166 e. The van der Waals surface area contributed by atoms with Crippen LogP contribution in [0.15, 0.2) is 30.3 Å². The number of fused-ring (bicyclic) bond motifs is 2. The summed E-state index contributed by atoms with van der Waals surface area (Å²) < 4.78 is 18.1. The van der Waals surface area contributed by atoms with E-state index in [-0.39, 0.29) is 18.0 Å². The minimum Gasteiger partial charge on any atom is -0.347 e. The summed E-state index contributed by atoms with van der Waals surface area (Å²) in [6.45, 7) is 6.87. The lowest BCUT2D eigenvalue weighted by atomic mass is 9.68. The van der Waals surface area contributed by atoms with Crippen molar-refractivity contribution in [2.45, 2.75) is 64.8 Å². The molecule has 0 radical (unpaired) electrons. The lowest BCUT2D eigenvalue weighted by Gasteiger charge is -2.53. The molecular formula is C19H25NO3. The maximum Gasteiger partial charge on any atom is 0.166 e. The number of nitriles is 1. The van der Waals surface area contributed by atoms with E-state index in [1.54, 1.807) is 0 Å².